The number of hydrogen-bond donors (Lipinski definition) is 2. The van der Waals surface area contributed by atoms with Crippen molar-refractivity contribution in [3.8, 4) is 17.1 Å². The molecule has 0 spiro atoms. The summed E-state index contributed by atoms with van der Waals surface area (Å²) in [6, 6.07) is 8.47. The van der Waals surface area contributed by atoms with Gasteiger partial charge >= 0.3 is 0 Å². The molecule has 0 radical (unpaired) electrons. The van der Waals surface area contributed by atoms with Crippen LogP contribution in [0.15, 0.2) is 46.9 Å². The lowest BCUT2D eigenvalue weighted by Gasteiger charge is -2.24. The normalized spacial score (nSPS) is 17.3. The van der Waals surface area contributed by atoms with Gasteiger partial charge in [0.15, 0.2) is 0 Å². The molecule has 5 heterocycles. The average molecular weight is 389 g/mol. The number of piperidine rings is 1. The number of imidazole rings is 1. The van der Waals surface area contributed by atoms with Crippen LogP contribution >= 0.6 is 0 Å². The van der Waals surface area contributed by atoms with Gasteiger partial charge in [-0.3, -0.25) is 4.40 Å². The maximum atomic E-state index is 5.58. The quantitative estimate of drug-likeness (QED) is 0.701. The topological polar surface area (TPSA) is 88.2 Å². The van der Waals surface area contributed by atoms with Gasteiger partial charge in [-0.2, -0.15) is 10.2 Å². The second-order valence-corrected chi connectivity index (χ2v) is 7.30. The van der Waals surface area contributed by atoms with Gasteiger partial charge in [0.05, 0.1) is 30.6 Å². The highest BCUT2D eigenvalue weighted by atomic mass is 16.5. The van der Waals surface area contributed by atoms with Gasteiger partial charge in [0.2, 0.25) is 0 Å². The molecule has 2 N–H and O–H groups in total. The number of fused-ring (bicyclic) bond motifs is 1. The average Bonchev–Trinajstić information content (AvgIpc) is 3.43. The van der Waals surface area contributed by atoms with E-state index in [1.54, 1.807) is 7.11 Å². The van der Waals surface area contributed by atoms with Crippen molar-refractivity contribution < 1.29 is 4.74 Å². The van der Waals surface area contributed by atoms with Crippen molar-refractivity contribution in [2.24, 2.45) is 10.2 Å². The highest BCUT2D eigenvalue weighted by Crippen LogP contribution is 2.30. The monoisotopic (exact) mass is 389 g/mol. The van der Waals surface area contributed by atoms with E-state index in [2.05, 4.69) is 30.2 Å². The summed E-state index contributed by atoms with van der Waals surface area (Å²) in [7, 11) is 1.67. The van der Waals surface area contributed by atoms with Crippen LogP contribution in [0.5, 0.6) is 5.75 Å². The molecule has 0 aromatic carbocycles. The number of nitrogens with one attached hydrogen (secondary N) is 2. The number of rotatable bonds is 5. The van der Waals surface area contributed by atoms with Crippen LogP contribution in [0.1, 0.15) is 24.3 Å². The Morgan fingerprint density at radius 1 is 1.17 bits per heavy atom. The standard InChI is InChI=1S/C21H23N7O/c1-29-19-9-21-23-12-18(28(21)13-16(19)14-10-24-25-11-14)17-3-2-4-20(27-17)26-15-5-7-22-8-6-15/h2-4,9-15,22H,5-8H2,1H3,(H,26,27). The van der Waals surface area contributed by atoms with E-state index < -0.39 is 0 Å². The number of hydrogen-bond acceptors (Lipinski definition) is 7. The third-order valence-corrected chi connectivity index (χ3v) is 5.44. The molecule has 3 aromatic rings. The summed E-state index contributed by atoms with van der Waals surface area (Å²) in [5.74, 6) is 1.66. The Kier molecular flexibility index (Phi) is 4.69. The summed E-state index contributed by atoms with van der Waals surface area (Å²) in [6.45, 7) is 2.09. The highest BCUT2D eigenvalue weighted by Gasteiger charge is 2.19. The van der Waals surface area contributed by atoms with E-state index in [0.717, 1.165) is 60.1 Å². The summed E-state index contributed by atoms with van der Waals surface area (Å²) in [5, 5.41) is 14.9. The van der Waals surface area contributed by atoms with Crippen LogP contribution in [0.4, 0.5) is 5.82 Å². The van der Waals surface area contributed by atoms with Gasteiger partial charge < -0.3 is 15.4 Å². The molecule has 8 nitrogen and oxygen atoms in total. The lowest BCUT2D eigenvalue weighted by Crippen LogP contribution is -2.35. The van der Waals surface area contributed by atoms with Crippen LogP contribution < -0.4 is 15.4 Å². The second-order valence-electron chi connectivity index (χ2n) is 7.30. The van der Waals surface area contributed by atoms with Crippen LogP contribution in [-0.4, -0.2) is 53.0 Å². The minimum Gasteiger partial charge on any atom is -0.496 e. The molecule has 0 atom stereocenters. The maximum Gasteiger partial charge on any atom is 0.140 e. The Labute approximate surface area is 168 Å². The lowest BCUT2D eigenvalue weighted by molar-refractivity contribution is 0.410. The van der Waals surface area contributed by atoms with E-state index in [0.29, 0.717) is 6.04 Å². The van der Waals surface area contributed by atoms with Crippen LogP contribution in [0.3, 0.4) is 0 Å². The first-order chi connectivity index (χ1) is 14.3. The molecule has 2 aliphatic heterocycles. The number of methoxy groups -OCH3 is 1. The molecule has 148 valence electrons. The molecule has 0 unspecified atom stereocenters. The van der Waals surface area contributed by atoms with Crippen molar-refractivity contribution in [1.82, 2.24) is 19.7 Å². The molecule has 1 saturated heterocycles. The fraction of sp³-hybridized carbons (Fsp3) is 0.333. The van der Waals surface area contributed by atoms with Gasteiger partial charge in [-0.15, -0.1) is 0 Å². The van der Waals surface area contributed by atoms with E-state index in [1.807, 2.05) is 49.1 Å². The number of nitrogens with zero attached hydrogens (tertiary/aromatic N) is 5. The number of aromatic nitrogens is 3. The molecule has 0 bridgehead atoms. The third-order valence-electron chi connectivity index (χ3n) is 5.44. The van der Waals surface area contributed by atoms with Gasteiger partial charge in [-0.25, -0.2) is 9.97 Å². The van der Waals surface area contributed by atoms with Crippen molar-refractivity contribution in [3.05, 3.63) is 42.2 Å². The second kappa shape index (κ2) is 7.63. The largest absolute Gasteiger partial charge is 0.496 e. The molecule has 8 heteroatoms. The predicted molar refractivity (Wildman–Crippen MR) is 114 cm³/mol. The molecule has 29 heavy (non-hydrogen) atoms. The van der Waals surface area contributed by atoms with E-state index >= 15 is 0 Å². The van der Waals surface area contributed by atoms with Crippen LogP contribution in [0.2, 0.25) is 0 Å². The first-order valence-corrected chi connectivity index (χ1v) is 9.88. The zero-order valence-electron chi connectivity index (χ0n) is 16.2. The zero-order chi connectivity index (χ0) is 19.6. The van der Waals surface area contributed by atoms with Gasteiger partial charge in [0.25, 0.3) is 0 Å². The first-order valence-electron chi connectivity index (χ1n) is 9.88. The fourth-order valence-corrected chi connectivity index (χ4v) is 3.89. The van der Waals surface area contributed by atoms with E-state index in [-0.39, 0.29) is 5.92 Å². The fourth-order valence-electron chi connectivity index (χ4n) is 3.89. The first kappa shape index (κ1) is 17.8. The summed E-state index contributed by atoms with van der Waals surface area (Å²) < 4.78 is 7.63. The zero-order valence-corrected chi connectivity index (χ0v) is 16.2. The summed E-state index contributed by atoms with van der Waals surface area (Å²) in [5.41, 5.74) is 3.62. The maximum absolute atomic E-state index is 5.58. The van der Waals surface area contributed by atoms with Crippen molar-refractivity contribution in [2.75, 3.05) is 25.5 Å². The number of ether oxygens (including phenoxy) is 1. The molecular weight excluding hydrogens is 366 g/mol. The van der Waals surface area contributed by atoms with E-state index in [4.69, 9.17) is 9.72 Å². The minimum absolute atomic E-state index is 0.00882. The Balaban J connectivity index is 1.51. The molecule has 0 amide bonds. The lowest BCUT2D eigenvalue weighted by atomic mass is 10.0. The molecular formula is C21H23N7O. The van der Waals surface area contributed by atoms with Crippen molar-refractivity contribution >= 4 is 23.9 Å². The Morgan fingerprint density at radius 2 is 2.00 bits per heavy atom. The highest BCUT2D eigenvalue weighted by molar-refractivity contribution is 5.94. The van der Waals surface area contributed by atoms with Gasteiger partial charge in [0.1, 0.15) is 17.2 Å². The van der Waals surface area contributed by atoms with Gasteiger partial charge in [-0.1, -0.05) is 6.07 Å². The van der Waals surface area contributed by atoms with Crippen LogP contribution in [-0.2, 0) is 0 Å². The Hall–Kier alpha value is -3.26. The smallest absolute Gasteiger partial charge is 0.140 e. The molecule has 0 saturated carbocycles. The van der Waals surface area contributed by atoms with Crippen molar-refractivity contribution in [1.29, 1.82) is 0 Å². The van der Waals surface area contributed by atoms with Crippen molar-refractivity contribution in [2.45, 2.75) is 24.8 Å². The molecule has 0 aliphatic carbocycles. The number of anilines is 1. The molecule has 3 aromatic heterocycles. The third kappa shape index (κ3) is 3.47. The molecule has 5 rings (SSSR count). The summed E-state index contributed by atoms with van der Waals surface area (Å²) >= 11 is 0. The Bertz CT molecular complexity index is 1070. The van der Waals surface area contributed by atoms with Gasteiger partial charge in [0, 0.05) is 36.3 Å². The SMILES string of the molecule is COc1cc2ncc(-c3cccc(NC4CCNCC4)n3)n2cc1C1C=NN=C1. The molecule has 2 aliphatic rings. The number of pyridine rings is 2. The van der Waals surface area contributed by atoms with Crippen LogP contribution in [0.25, 0.3) is 17.0 Å². The van der Waals surface area contributed by atoms with Crippen molar-refractivity contribution in [3.63, 3.8) is 0 Å². The predicted octanol–water partition coefficient (Wildman–Crippen LogP) is 2.72. The Morgan fingerprint density at radius 3 is 2.79 bits per heavy atom. The van der Waals surface area contributed by atoms with Crippen LogP contribution in [0, 0.1) is 0 Å². The van der Waals surface area contributed by atoms with E-state index in [1.165, 1.54) is 0 Å². The van der Waals surface area contributed by atoms with E-state index in [9.17, 15) is 0 Å². The summed E-state index contributed by atoms with van der Waals surface area (Å²) in [6.07, 6.45) is 9.72. The summed E-state index contributed by atoms with van der Waals surface area (Å²) in [4.78, 5) is 9.42. The van der Waals surface area contributed by atoms with Gasteiger partial charge in [-0.05, 0) is 38.1 Å². The minimum atomic E-state index is -0.00882. The molecule has 1 fully saturated rings.